The second kappa shape index (κ2) is 6.61. The summed E-state index contributed by atoms with van der Waals surface area (Å²) in [6.07, 6.45) is 1.55. The van der Waals surface area contributed by atoms with E-state index >= 15 is 0 Å². The second-order valence-corrected chi connectivity index (χ2v) is 4.69. The van der Waals surface area contributed by atoms with Crippen molar-refractivity contribution < 1.29 is 9.84 Å². The van der Waals surface area contributed by atoms with Crippen LogP contribution in [-0.4, -0.2) is 40.2 Å². The van der Waals surface area contributed by atoms with E-state index in [1.807, 2.05) is 30.8 Å². The van der Waals surface area contributed by atoms with Gasteiger partial charge in [0.25, 0.3) is 0 Å². The van der Waals surface area contributed by atoms with E-state index in [9.17, 15) is 5.11 Å². The van der Waals surface area contributed by atoms with Crippen molar-refractivity contribution in [2.24, 2.45) is 0 Å². The first-order chi connectivity index (χ1) is 7.99. The van der Waals surface area contributed by atoms with Crippen molar-refractivity contribution in [3.63, 3.8) is 0 Å². The fraction of sp³-hybridized carbons (Fsp3) is 0.750. The monoisotopic (exact) mass is 241 g/mol. The van der Waals surface area contributed by atoms with Crippen molar-refractivity contribution in [2.45, 2.75) is 45.9 Å². The summed E-state index contributed by atoms with van der Waals surface area (Å²) in [4.78, 5) is 0. The van der Waals surface area contributed by atoms with E-state index in [1.165, 1.54) is 0 Å². The Bertz CT molecular complexity index is 323. The first-order valence-electron chi connectivity index (χ1n) is 6.07. The average Bonchev–Trinajstić information content (AvgIpc) is 2.72. The van der Waals surface area contributed by atoms with Crippen molar-refractivity contribution in [3.05, 3.63) is 12.3 Å². The SMILES string of the molecule is CC(C)OCC(O)CNc1ccn(C(C)C)n1. The average molecular weight is 241 g/mol. The molecule has 98 valence electrons. The lowest BCUT2D eigenvalue weighted by Crippen LogP contribution is -2.26. The van der Waals surface area contributed by atoms with Gasteiger partial charge >= 0.3 is 0 Å². The van der Waals surface area contributed by atoms with Crippen molar-refractivity contribution >= 4 is 5.82 Å². The molecule has 5 nitrogen and oxygen atoms in total. The molecule has 0 aromatic carbocycles. The third-order valence-electron chi connectivity index (χ3n) is 2.28. The highest BCUT2D eigenvalue weighted by Gasteiger charge is 2.07. The molecule has 1 atom stereocenters. The third kappa shape index (κ3) is 5.19. The molecule has 1 aromatic rings. The number of hydrogen-bond donors (Lipinski definition) is 2. The molecule has 1 unspecified atom stereocenters. The van der Waals surface area contributed by atoms with Crippen LogP contribution in [0.25, 0.3) is 0 Å². The van der Waals surface area contributed by atoms with Gasteiger partial charge in [0.2, 0.25) is 0 Å². The van der Waals surface area contributed by atoms with E-state index in [0.29, 0.717) is 19.2 Å². The Morgan fingerprint density at radius 1 is 1.41 bits per heavy atom. The Hall–Kier alpha value is -1.07. The highest BCUT2D eigenvalue weighted by Crippen LogP contribution is 2.08. The van der Waals surface area contributed by atoms with Crippen LogP contribution in [0.15, 0.2) is 12.3 Å². The van der Waals surface area contributed by atoms with Crippen LogP contribution in [0, 0.1) is 0 Å². The lowest BCUT2D eigenvalue weighted by Gasteiger charge is -2.13. The summed E-state index contributed by atoms with van der Waals surface area (Å²) in [6.45, 7) is 8.83. The van der Waals surface area contributed by atoms with Gasteiger partial charge in [0.1, 0.15) is 5.82 Å². The maximum Gasteiger partial charge on any atom is 0.148 e. The number of aliphatic hydroxyl groups is 1. The van der Waals surface area contributed by atoms with E-state index in [-0.39, 0.29) is 6.10 Å². The van der Waals surface area contributed by atoms with Gasteiger partial charge < -0.3 is 15.2 Å². The molecule has 0 aliphatic carbocycles. The largest absolute Gasteiger partial charge is 0.389 e. The van der Waals surface area contributed by atoms with Crippen molar-refractivity contribution in [3.8, 4) is 0 Å². The van der Waals surface area contributed by atoms with Gasteiger partial charge in [-0.2, -0.15) is 5.10 Å². The van der Waals surface area contributed by atoms with E-state index in [4.69, 9.17) is 4.74 Å². The minimum atomic E-state index is -0.512. The van der Waals surface area contributed by atoms with E-state index in [1.54, 1.807) is 0 Å². The zero-order valence-electron chi connectivity index (χ0n) is 11.1. The second-order valence-electron chi connectivity index (χ2n) is 4.69. The molecule has 0 spiro atoms. The van der Waals surface area contributed by atoms with Gasteiger partial charge in [0, 0.05) is 24.8 Å². The number of ether oxygens (including phenoxy) is 1. The van der Waals surface area contributed by atoms with Crippen LogP contribution >= 0.6 is 0 Å². The molecule has 0 saturated heterocycles. The van der Waals surface area contributed by atoms with Crippen LogP contribution in [0.4, 0.5) is 5.82 Å². The summed E-state index contributed by atoms with van der Waals surface area (Å²) in [5.74, 6) is 0.780. The van der Waals surface area contributed by atoms with Gasteiger partial charge in [-0.25, -0.2) is 0 Å². The van der Waals surface area contributed by atoms with Crippen LogP contribution in [0.5, 0.6) is 0 Å². The van der Waals surface area contributed by atoms with Crippen LogP contribution < -0.4 is 5.32 Å². The molecule has 0 aliphatic heterocycles. The standard InChI is InChI=1S/C12H23N3O2/c1-9(2)15-6-5-12(14-15)13-7-11(16)8-17-10(3)4/h5-6,9-11,16H,7-8H2,1-4H3,(H,13,14). The van der Waals surface area contributed by atoms with Gasteiger partial charge in [-0.3, -0.25) is 4.68 Å². The summed E-state index contributed by atoms with van der Waals surface area (Å²) in [6, 6.07) is 2.25. The Labute approximate surface area is 103 Å². The third-order valence-corrected chi connectivity index (χ3v) is 2.28. The zero-order valence-corrected chi connectivity index (χ0v) is 11.1. The number of anilines is 1. The van der Waals surface area contributed by atoms with E-state index in [0.717, 1.165) is 5.82 Å². The normalized spacial score (nSPS) is 13.4. The van der Waals surface area contributed by atoms with Crippen molar-refractivity contribution in [2.75, 3.05) is 18.5 Å². The molecule has 17 heavy (non-hydrogen) atoms. The zero-order chi connectivity index (χ0) is 12.8. The van der Waals surface area contributed by atoms with Gasteiger partial charge in [-0.1, -0.05) is 0 Å². The van der Waals surface area contributed by atoms with Crippen LogP contribution in [-0.2, 0) is 4.74 Å². The first kappa shape index (κ1) is 14.0. The van der Waals surface area contributed by atoms with Gasteiger partial charge in [-0.05, 0) is 27.7 Å². The number of aliphatic hydroxyl groups excluding tert-OH is 1. The lowest BCUT2D eigenvalue weighted by atomic mass is 10.3. The number of rotatable bonds is 7. The van der Waals surface area contributed by atoms with Crippen LogP contribution in [0.2, 0.25) is 0 Å². The number of nitrogens with one attached hydrogen (secondary N) is 1. The highest BCUT2D eigenvalue weighted by molar-refractivity contribution is 5.32. The topological polar surface area (TPSA) is 59.3 Å². The fourth-order valence-corrected chi connectivity index (χ4v) is 1.30. The first-order valence-corrected chi connectivity index (χ1v) is 6.07. The Kier molecular flexibility index (Phi) is 5.44. The highest BCUT2D eigenvalue weighted by atomic mass is 16.5. The lowest BCUT2D eigenvalue weighted by molar-refractivity contribution is 0.0112. The van der Waals surface area contributed by atoms with E-state index < -0.39 is 6.10 Å². The van der Waals surface area contributed by atoms with Crippen LogP contribution in [0.3, 0.4) is 0 Å². The molecular formula is C12H23N3O2. The smallest absolute Gasteiger partial charge is 0.148 e. The predicted molar refractivity (Wildman–Crippen MR) is 68.2 cm³/mol. The number of hydrogen-bond acceptors (Lipinski definition) is 4. The van der Waals surface area contributed by atoms with E-state index in [2.05, 4.69) is 24.3 Å². The molecular weight excluding hydrogens is 218 g/mol. The molecule has 0 aliphatic rings. The minimum Gasteiger partial charge on any atom is -0.389 e. The van der Waals surface area contributed by atoms with Crippen LogP contribution in [0.1, 0.15) is 33.7 Å². The summed E-state index contributed by atoms with van der Waals surface area (Å²) in [5.41, 5.74) is 0. The molecule has 0 amide bonds. The Morgan fingerprint density at radius 2 is 2.12 bits per heavy atom. The molecule has 1 rings (SSSR count). The molecule has 0 radical (unpaired) electrons. The summed E-state index contributed by atoms with van der Waals surface area (Å²) >= 11 is 0. The molecule has 0 bridgehead atoms. The Balaban J connectivity index is 2.29. The van der Waals surface area contributed by atoms with Gasteiger partial charge in [-0.15, -0.1) is 0 Å². The fourth-order valence-electron chi connectivity index (χ4n) is 1.30. The minimum absolute atomic E-state index is 0.143. The maximum absolute atomic E-state index is 9.65. The maximum atomic E-state index is 9.65. The quantitative estimate of drug-likeness (QED) is 0.762. The Morgan fingerprint density at radius 3 is 2.65 bits per heavy atom. The molecule has 1 heterocycles. The van der Waals surface area contributed by atoms with Crippen molar-refractivity contribution in [1.29, 1.82) is 0 Å². The summed E-state index contributed by atoms with van der Waals surface area (Å²) in [7, 11) is 0. The van der Waals surface area contributed by atoms with Gasteiger partial charge in [0.15, 0.2) is 0 Å². The predicted octanol–water partition coefficient (Wildman–Crippen LogP) is 1.66. The molecule has 2 N–H and O–H groups in total. The summed E-state index contributed by atoms with van der Waals surface area (Å²) in [5, 5.41) is 17.1. The van der Waals surface area contributed by atoms with Gasteiger partial charge in [0.05, 0.1) is 18.8 Å². The molecule has 0 saturated carbocycles. The molecule has 5 heteroatoms. The molecule has 1 aromatic heterocycles. The molecule has 0 fully saturated rings. The number of aromatic nitrogens is 2. The van der Waals surface area contributed by atoms with Crippen molar-refractivity contribution in [1.82, 2.24) is 9.78 Å². The summed E-state index contributed by atoms with van der Waals surface area (Å²) < 4.78 is 7.19. The number of nitrogens with zero attached hydrogens (tertiary/aromatic N) is 2.